The smallest absolute Gasteiger partial charge is 0.320 e. The summed E-state index contributed by atoms with van der Waals surface area (Å²) in [4.78, 5) is 18.3. The number of rotatable bonds is 4. The van der Waals surface area contributed by atoms with Crippen LogP contribution in [0.15, 0.2) is 0 Å². The summed E-state index contributed by atoms with van der Waals surface area (Å²) in [6.07, 6.45) is 2.10. The van der Waals surface area contributed by atoms with Gasteiger partial charge in [0.05, 0.1) is 6.04 Å². The molecule has 0 radical (unpaired) electrons. The highest BCUT2D eigenvalue weighted by atomic mass is 16.2. The third-order valence-corrected chi connectivity index (χ3v) is 4.23. The fourth-order valence-electron chi connectivity index (χ4n) is 2.92. The SMILES string of the molecule is CCC1CN(CCC2CN(C)CCN2)C(=O)N1C. The molecule has 5 heteroatoms. The Morgan fingerprint density at radius 2 is 2.11 bits per heavy atom. The number of piperazine rings is 1. The van der Waals surface area contributed by atoms with Crippen LogP contribution in [-0.4, -0.2) is 79.6 Å². The second kappa shape index (κ2) is 5.89. The number of amides is 2. The maximum Gasteiger partial charge on any atom is 0.320 e. The standard InChI is InChI=1S/C13H26N4O/c1-4-12-10-17(13(18)16(12)3)7-5-11-9-15(2)8-6-14-11/h11-12,14H,4-10H2,1-3H3. The molecule has 0 aromatic carbocycles. The Kier molecular flexibility index (Phi) is 4.45. The van der Waals surface area contributed by atoms with Crippen LogP contribution in [0.25, 0.3) is 0 Å². The Bertz CT molecular complexity index is 297. The lowest BCUT2D eigenvalue weighted by atomic mass is 10.1. The van der Waals surface area contributed by atoms with Crippen molar-refractivity contribution in [1.29, 1.82) is 0 Å². The summed E-state index contributed by atoms with van der Waals surface area (Å²) in [6.45, 7) is 7.20. The van der Waals surface area contributed by atoms with Crippen LogP contribution < -0.4 is 5.32 Å². The molecule has 2 amide bonds. The van der Waals surface area contributed by atoms with Gasteiger partial charge in [-0.15, -0.1) is 0 Å². The van der Waals surface area contributed by atoms with Gasteiger partial charge in [-0.25, -0.2) is 4.79 Å². The second-order valence-electron chi connectivity index (χ2n) is 5.60. The molecule has 0 saturated carbocycles. The van der Waals surface area contributed by atoms with Crippen LogP contribution in [0.5, 0.6) is 0 Å². The molecular formula is C13H26N4O. The first-order chi connectivity index (χ1) is 8.61. The Balaban J connectivity index is 1.78. The predicted octanol–water partition coefficient (Wildman–Crippen LogP) is 0.426. The summed E-state index contributed by atoms with van der Waals surface area (Å²) in [5.41, 5.74) is 0. The van der Waals surface area contributed by atoms with Gasteiger partial charge in [-0.05, 0) is 19.9 Å². The number of nitrogens with zero attached hydrogens (tertiary/aromatic N) is 3. The van der Waals surface area contributed by atoms with Gasteiger partial charge in [0.25, 0.3) is 0 Å². The average Bonchev–Trinajstić information content (AvgIpc) is 2.64. The van der Waals surface area contributed by atoms with Gasteiger partial charge in [-0.3, -0.25) is 0 Å². The van der Waals surface area contributed by atoms with Crippen LogP contribution >= 0.6 is 0 Å². The largest absolute Gasteiger partial charge is 0.323 e. The van der Waals surface area contributed by atoms with E-state index in [0.717, 1.165) is 45.6 Å². The van der Waals surface area contributed by atoms with Crippen molar-refractivity contribution in [2.45, 2.75) is 31.8 Å². The zero-order valence-electron chi connectivity index (χ0n) is 11.9. The van der Waals surface area contributed by atoms with Gasteiger partial charge in [0.1, 0.15) is 0 Å². The van der Waals surface area contributed by atoms with E-state index >= 15 is 0 Å². The van der Waals surface area contributed by atoms with Crippen molar-refractivity contribution in [3.63, 3.8) is 0 Å². The van der Waals surface area contributed by atoms with Crippen LogP contribution in [0.2, 0.25) is 0 Å². The number of nitrogens with one attached hydrogen (secondary N) is 1. The lowest BCUT2D eigenvalue weighted by Crippen LogP contribution is -2.50. The number of likely N-dealkylation sites (N-methyl/N-ethyl adjacent to an activating group) is 2. The van der Waals surface area contributed by atoms with Gasteiger partial charge in [0.15, 0.2) is 0 Å². The fraction of sp³-hybridized carbons (Fsp3) is 0.923. The molecule has 2 rings (SSSR count). The number of carbonyl (C=O) groups excluding carboxylic acids is 1. The molecule has 2 saturated heterocycles. The molecule has 5 nitrogen and oxygen atoms in total. The maximum atomic E-state index is 12.0. The Hall–Kier alpha value is -0.810. The molecule has 104 valence electrons. The van der Waals surface area contributed by atoms with Crippen LogP contribution in [0.1, 0.15) is 19.8 Å². The number of hydrogen-bond donors (Lipinski definition) is 1. The van der Waals surface area contributed by atoms with Gasteiger partial charge in [0, 0.05) is 45.8 Å². The molecule has 2 aliphatic rings. The van der Waals surface area contributed by atoms with E-state index < -0.39 is 0 Å². The van der Waals surface area contributed by atoms with Gasteiger partial charge in [-0.1, -0.05) is 6.92 Å². The van der Waals surface area contributed by atoms with Crippen LogP contribution in [-0.2, 0) is 0 Å². The zero-order valence-corrected chi connectivity index (χ0v) is 11.9. The van der Waals surface area contributed by atoms with Crippen molar-refractivity contribution in [3.8, 4) is 0 Å². The third kappa shape index (κ3) is 2.95. The normalized spacial score (nSPS) is 30.3. The van der Waals surface area contributed by atoms with Crippen molar-refractivity contribution in [3.05, 3.63) is 0 Å². The quantitative estimate of drug-likeness (QED) is 0.790. The highest BCUT2D eigenvalue weighted by molar-refractivity contribution is 5.76. The molecule has 2 aliphatic heterocycles. The average molecular weight is 254 g/mol. The molecule has 0 aromatic rings. The number of urea groups is 1. The predicted molar refractivity (Wildman–Crippen MR) is 72.7 cm³/mol. The molecule has 0 bridgehead atoms. The molecule has 0 aromatic heterocycles. The molecular weight excluding hydrogens is 228 g/mol. The highest BCUT2D eigenvalue weighted by Crippen LogP contribution is 2.17. The minimum absolute atomic E-state index is 0.200. The minimum Gasteiger partial charge on any atom is -0.323 e. The van der Waals surface area contributed by atoms with E-state index in [1.165, 1.54) is 0 Å². The van der Waals surface area contributed by atoms with E-state index in [9.17, 15) is 4.79 Å². The zero-order chi connectivity index (χ0) is 13.1. The first kappa shape index (κ1) is 13.6. The molecule has 0 spiro atoms. The Labute approximate surface area is 110 Å². The van der Waals surface area contributed by atoms with E-state index in [1.807, 2.05) is 16.8 Å². The van der Waals surface area contributed by atoms with E-state index in [4.69, 9.17) is 0 Å². The summed E-state index contributed by atoms with van der Waals surface area (Å²) in [5.74, 6) is 0. The molecule has 2 fully saturated rings. The molecule has 1 N–H and O–H groups in total. The topological polar surface area (TPSA) is 38.8 Å². The van der Waals surface area contributed by atoms with Gasteiger partial charge in [0.2, 0.25) is 0 Å². The summed E-state index contributed by atoms with van der Waals surface area (Å²) in [6, 6.07) is 1.13. The summed E-state index contributed by atoms with van der Waals surface area (Å²) < 4.78 is 0. The van der Waals surface area contributed by atoms with E-state index in [1.54, 1.807) is 0 Å². The third-order valence-electron chi connectivity index (χ3n) is 4.23. The molecule has 2 heterocycles. The minimum atomic E-state index is 0.200. The second-order valence-corrected chi connectivity index (χ2v) is 5.60. The van der Waals surface area contributed by atoms with Gasteiger partial charge in [-0.2, -0.15) is 0 Å². The first-order valence-corrected chi connectivity index (χ1v) is 7.05. The summed E-state index contributed by atoms with van der Waals surface area (Å²) in [5, 5.41) is 3.53. The van der Waals surface area contributed by atoms with Gasteiger partial charge >= 0.3 is 6.03 Å². The highest BCUT2D eigenvalue weighted by Gasteiger charge is 2.33. The number of hydrogen-bond acceptors (Lipinski definition) is 3. The van der Waals surface area contributed by atoms with Gasteiger partial charge < -0.3 is 20.0 Å². The van der Waals surface area contributed by atoms with Crippen molar-refractivity contribution in [1.82, 2.24) is 20.0 Å². The van der Waals surface area contributed by atoms with Crippen molar-refractivity contribution < 1.29 is 4.79 Å². The lowest BCUT2D eigenvalue weighted by Gasteiger charge is -2.31. The Morgan fingerprint density at radius 3 is 2.72 bits per heavy atom. The van der Waals surface area contributed by atoms with E-state index in [0.29, 0.717) is 12.1 Å². The van der Waals surface area contributed by atoms with Crippen LogP contribution in [0, 0.1) is 0 Å². The molecule has 0 aliphatic carbocycles. The molecule has 2 atom stereocenters. The maximum absolute atomic E-state index is 12.0. The summed E-state index contributed by atoms with van der Waals surface area (Å²) in [7, 11) is 4.08. The van der Waals surface area contributed by atoms with E-state index in [2.05, 4.69) is 24.2 Å². The van der Waals surface area contributed by atoms with Crippen LogP contribution in [0.3, 0.4) is 0 Å². The fourth-order valence-corrected chi connectivity index (χ4v) is 2.92. The lowest BCUT2D eigenvalue weighted by molar-refractivity contribution is 0.187. The van der Waals surface area contributed by atoms with Crippen molar-refractivity contribution in [2.75, 3.05) is 46.8 Å². The molecule has 18 heavy (non-hydrogen) atoms. The Morgan fingerprint density at radius 1 is 1.33 bits per heavy atom. The van der Waals surface area contributed by atoms with Crippen molar-refractivity contribution in [2.24, 2.45) is 0 Å². The van der Waals surface area contributed by atoms with E-state index in [-0.39, 0.29) is 6.03 Å². The monoisotopic (exact) mass is 254 g/mol. The first-order valence-electron chi connectivity index (χ1n) is 7.05. The van der Waals surface area contributed by atoms with Crippen molar-refractivity contribution >= 4 is 6.03 Å². The molecule has 2 unspecified atom stereocenters. The summed E-state index contributed by atoms with van der Waals surface area (Å²) >= 11 is 0. The van der Waals surface area contributed by atoms with Crippen LogP contribution in [0.4, 0.5) is 4.79 Å². The number of carbonyl (C=O) groups is 1.